The quantitative estimate of drug-likeness (QED) is 0.859. The maximum absolute atomic E-state index is 12.3. The third-order valence-corrected chi connectivity index (χ3v) is 3.14. The van der Waals surface area contributed by atoms with Crippen LogP contribution in [0.15, 0.2) is 12.1 Å². The predicted octanol–water partition coefficient (Wildman–Crippen LogP) is 2.54. The Morgan fingerprint density at radius 1 is 1.42 bits per heavy atom. The van der Waals surface area contributed by atoms with Crippen LogP contribution in [-0.2, 0) is 9.53 Å². The average molecular weight is 266 g/mol. The number of carbonyl (C=O) groups is 1. The molecule has 19 heavy (non-hydrogen) atoms. The van der Waals surface area contributed by atoms with Gasteiger partial charge < -0.3 is 14.8 Å². The van der Waals surface area contributed by atoms with Crippen LogP contribution in [-0.4, -0.2) is 30.2 Å². The molecule has 0 aromatic carbocycles. The molecule has 1 N–H and O–H groups in total. The van der Waals surface area contributed by atoms with Crippen LogP contribution in [0.1, 0.15) is 32.9 Å². The fourth-order valence-corrected chi connectivity index (χ4v) is 1.69. The Hall–Kier alpha value is -1.62. The topological polar surface area (TPSA) is 60.5 Å². The van der Waals surface area contributed by atoms with E-state index in [1.54, 1.807) is 26.2 Å². The van der Waals surface area contributed by atoms with E-state index in [1.807, 2.05) is 20.8 Å². The molecule has 0 spiro atoms. The van der Waals surface area contributed by atoms with Gasteiger partial charge in [0.05, 0.1) is 18.5 Å². The summed E-state index contributed by atoms with van der Waals surface area (Å²) in [5.41, 5.74) is 0.564. The molecule has 5 nitrogen and oxygen atoms in total. The molecule has 5 heteroatoms. The molecule has 0 bridgehead atoms. The summed E-state index contributed by atoms with van der Waals surface area (Å²) in [5, 5.41) is 2.86. The number of rotatable bonds is 6. The van der Waals surface area contributed by atoms with E-state index >= 15 is 0 Å². The number of anilines is 1. The second kappa shape index (κ2) is 6.52. The van der Waals surface area contributed by atoms with Crippen molar-refractivity contribution in [3.8, 4) is 5.88 Å². The first-order valence-electron chi connectivity index (χ1n) is 6.43. The summed E-state index contributed by atoms with van der Waals surface area (Å²) < 4.78 is 10.6. The van der Waals surface area contributed by atoms with Crippen LogP contribution in [0, 0.1) is 6.92 Å². The first-order chi connectivity index (χ1) is 8.96. The molecule has 0 aliphatic heterocycles. The van der Waals surface area contributed by atoms with E-state index < -0.39 is 5.60 Å². The summed E-state index contributed by atoms with van der Waals surface area (Å²) in [6, 6.07) is 3.49. The largest absolute Gasteiger partial charge is 0.481 e. The molecule has 1 heterocycles. The molecule has 0 aliphatic rings. The molecular weight excluding hydrogens is 244 g/mol. The van der Waals surface area contributed by atoms with Gasteiger partial charge in [-0.15, -0.1) is 0 Å². The number of ether oxygens (including phenoxy) is 2. The van der Waals surface area contributed by atoms with Crippen molar-refractivity contribution in [3.05, 3.63) is 17.8 Å². The number of nitrogens with one attached hydrogen (secondary N) is 1. The van der Waals surface area contributed by atoms with Crippen molar-refractivity contribution in [2.75, 3.05) is 19.0 Å². The molecule has 0 saturated heterocycles. The Labute approximate surface area is 114 Å². The number of aryl methyl sites for hydroxylation is 1. The van der Waals surface area contributed by atoms with Gasteiger partial charge >= 0.3 is 0 Å². The fraction of sp³-hybridized carbons (Fsp3) is 0.571. The highest BCUT2D eigenvalue weighted by Gasteiger charge is 2.32. The van der Waals surface area contributed by atoms with E-state index in [9.17, 15) is 4.79 Å². The Kier molecular flexibility index (Phi) is 5.30. The first-order valence-corrected chi connectivity index (χ1v) is 6.43. The van der Waals surface area contributed by atoms with E-state index in [4.69, 9.17) is 9.47 Å². The molecule has 106 valence electrons. The van der Waals surface area contributed by atoms with E-state index in [0.717, 1.165) is 0 Å². The fourth-order valence-electron chi connectivity index (χ4n) is 1.69. The summed E-state index contributed by atoms with van der Waals surface area (Å²) in [6.45, 7) is 7.91. The zero-order valence-corrected chi connectivity index (χ0v) is 12.2. The minimum atomic E-state index is -0.818. The van der Waals surface area contributed by atoms with Crippen molar-refractivity contribution < 1.29 is 14.3 Å². The number of nitrogens with zero attached hydrogens (tertiary/aromatic N) is 1. The van der Waals surface area contributed by atoms with Crippen molar-refractivity contribution in [1.82, 2.24) is 4.98 Å². The van der Waals surface area contributed by atoms with Crippen LogP contribution in [0.25, 0.3) is 0 Å². The highest BCUT2D eigenvalue weighted by Crippen LogP contribution is 2.21. The van der Waals surface area contributed by atoms with Crippen molar-refractivity contribution in [3.63, 3.8) is 0 Å². The van der Waals surface area contributed by atoms with Crippen molar-refractivity contribution in [2.45, 2.75) is 39.7 Å². The van der Waals surface area contributed by atoms with E-state index in [0.29, 0.717) is 30.3 Å². The van der Waals surface area contributed by atoms with Crippen molar-refractivity contribution in [1.29, 1.82) is 0 Å². The Balaban J connectivity index is 2.87. The normalized spacial score (nSPS) is 13.7. The maximum Gasteiger partial charge on any atom is 0.256 e. The third kappa shape index (κ3) is 3.67. The number of amides is 1. The van der Waals surface area contributed by atoms with Gasteiger partial charge in [-0.3, -0.25) is 4.79 Å². The lowest BCUT2D eigenvalue weighted by Crippen LogP contribution is -2.42. The predicted molar refractivity (Wildman–Crippen MR) is 74.5 cm³/mol. The molecule has 1 atom stereocenters. The lowest BCUT2D eigenvalue weighted by atomic mass is 10.0. The Morgan fingerprint density at radius 3 is 2.58 bits per heavy atom. The molecule has 0 unspecified atom stereocenters. The number of hydrogen-bond acceptors (Lipinski definition) is 4. The SMILES string of the molecule is CCO[C@](C)(CC)C(=O)Nc1ccc(OC)nc1C. The van der Waals surface area contributed by atoms with Gasteiger partial charge in [-0.25, -0.2) is 4.98 Å². The van der Waals surface area contributed by atoms with Gasteiger partial charge in [-0.05, 0) is 33.3 Å². The van der Waals surface area contributed by atoms with Gasteiger partial charge in [0.1, 0.15) is 5.60 Å². The van der Waals surface area contributed by atoms with Crippen LogP contribution >= 0.6 is 0 Å². The second-order valence-electron chi connectivity index (χ2n) is 4.46. The molecule has 1 aromatic rings. The summed E-state index contributed by atoms with van der Waals surface area (Å²) >= 11 is 0. The number of carbonyl (C=O) groups excluding carboxylic acids is 1. The summed E-state index contributed by atoms with van der Waals surface area (Å²) in [4.78, 5) is 16.5. The highest BCUT2D eigenvalue weighted by molar-refractivity contribution is 5.97. The zero-order chi connectivity index (χ0) is 14.5. The van der Waals surface area contributed by atoms with Crippen molar-refractivity contribution in [2.24, 2.45) is 0 Å². The van der Waals surface area contributed by atoms with Crippen LogP contribution in [0.2, 0.25) is 0 Å². The first kappa shape index (κ1) is 15.4. The van der Waals surface area contributed by atoms with Crippen molar-refractivity contribution >= 4 is 11.6 Å². The molecule has 1 rings (SSSR count). The maximum atomic E-state index is 12.3. The minimum absolute atomic E-state index is 0.160. The van der Waals surface area contributed by atoms with Crippen LogP contribution in [0.3, 0.4) is 0 Å². The third-order valence-electron chi connectivity index (χ3n) is 3.14. The van der Waals surface area contributed by atoms with Gasteiger partial charge in [0, 0.05) is 12.7 Å². The minimum Gasteiger partial charge on any atom is -0.481 e. The van der Waals surface area contributed by atoms with Gasteiger partial charge in [0.25, 0.3) is 5.91 Å². The monoisotopic (exact) mass is 266 g/mol. The molecule has 0 radical (unpaired) electrons. The van der Waals surface area contributed by atoms with E-state index in [-0.39, 0.29) is 5.91 Å². The van der Waals surface area contributed by atoms with Gasteiger partial charge in [-0.2, -0.15) is 0 Å². The van der Waals surface area contributed by atoms with E-state index in [1.165, 1.54) is 0 Å². The standard InChI is InChI=1S/C14H22N2O3/c1-6-14(4,19-7-2)13(17)16-11-8-9-12(18-5)15-10(11)3/h8-9H,6-7H2,1-5H3,(H,16,17)/t14-/m1/s1. The number of methoxy groups -OCH3 is 1. The Bertz CT molecular complexity index is 448. The van der Waals surface area contributed by atoms with Crippen LogP contribution in [0.4, 0.5) is 5.69 Å². The Morgan fingerprint density at radius 2 is 2.11 bits per heavy atom. The summed E-state index contributed by atoms with van der Waals surface area (Å²) in [5.74, 6) is 0.366. The lowest BCUT2D eigenvalue weighted by molar-refractivity contribution is -0.139. The molecule has 0 aliphatic carbocycles. The second-order valence-corrected chi connectivity index (χ2v) is 4.46. The summed E-state index contributed by atoms with van der Waals surface area (Å²) in [7, 11) is 1.56. The molecule has 1 amide bonds. The number of hydrogen-bond donors (Lipinski definition) is 1. The van der Waals surface area contributed by atoms with Gasteiger partial charge in [-0.1, -0.05) is 6.92 Å². The molecule has 1 aromatic heterocycles. The number of pyridine rings is 1. The molecule has 0 fully saturated rings. The number of aromatic nitrogens is 1. The van der Waals surface area contributed by atoms with Gasteiger partial charge in [0.2, 0.25) is 5.88 Å². The zero-order valence-electron chi connectivity index (χ0n) is 12.2. The smallest absolute Gasteiger partial charge is 0.256 e. The van der Waals surface area contributed by atoms with Gasteiger partial charge in [0.15, 0.2) is 0 Å². The molecular formula is C14H22N2O3. The average Bonchev–Trinajstić information content (AvgIpc) is 2.40. The summed E-state index contributed by atoms with van der Waals surface area (Å²) in [6.07, 6.45) is 0.606. The van der Waals surface area contributed by atoms with E-state index in [2.05, 4.69) is 10.3 Å². The lowest BCUT2D eigenvalue weighted by Gasteiger charge is -2.27. The highest BCUT2D eigenvalue weighted by atomic mass is 16.5. The van der Waals surface area contributed by atoms with Crippen LogP contribution in [0.5, 0.6) is 5.88 Å². The van der Waals surface area contributed by atoms with Crippen LogP contribution < -0.4 is 10.1 Å². The molecule has 0 saturated carbocycles.